The molecular weight excluding hydrogens is 268 g/mol. The fourth-order valence-corrected chi connectivity index (χ4v) is 1.29. The molecule has 0 atom stereocenters. The molecule has 0 fully saturated rings. The molecule has 0 bridgehead atoms. The SMILES string of the molecule is O=Cc1ccccc1Oc1ccccc1.O=S(O)O. The van der Waals surface area contributed by atoms with Gasteiger partial charge in [-0.1, -0.05) is 30.3 Å². The van der Waals surface area contributed by atoms with Gasteiger partial charge < -0.3 is 4.74 Å². The van der Waals surface area contributed by atoms with Crippen LogP contribution in [0.4, 0.5) is 0 Å². The van der Waals surface area contributed by atoms with Crippen LogP contribution < -0.4 is 4.74 Å². The van der Waals surface area contributed by atoms with Gasteiger partial charge in [-0.2, -0.15) is 4.21 Å². The summed E-state index contributed by atoms with van der Waals surface area (Å²) in [7, 11) is 0. The van der Waals surface area contributed by atoms with Crippen molar-refractivity contribution in [3.8, 4) is 11.5 Å². The zero-order chi connectivity index (χ0) is 14.1. The van der Waals surface area contributed by atoms with Gasteiger partial charge in [0.2, 0.25) is 0 Å². The Kier molecular flexibility index (Phi) is 6.45. The summed E-state index contributed by atoms with van der Waals surface area (Å²) in [5.74, 6) is 1.31. The standard InChI is InChI=1S/C13H10O2.H2O3S/c14-10-11-6-4-5-9-13(11)15-12-7-2-1-3-8-12;1-4(2)3/h1-10H;(H2,1,2,3). The predicted octanol–water partition coefficient (Wildman–Crippen LogP) is 2.97. The van der Waals surface area contributed by atoms with E-state index in [1.54, 1.807) is 12.1 Å². The number of hydrogen-bond acceptors (Lipinski definition) is 3. The van der Waals surface area contributed by atoms with Crippen LogP contribution in [0.25, 0.3) is 0 Å². The summed E-state index contributed by atoms with van der Waals surface area (Å²) >= 11 is -2.61. The molecule has 0 radical (unpaired) electrons. The Bertz CT molecular complexity index is 538. The Morgan fingerprint density at radius 1 is 0.947 bits per heavy atom. The monoisotopic (exact) mass is 280 g/mol. The van der Waals surface area contributed by atoms with Gasteiger partial charge >= 0.3 is 0 Å². The lowest BCUT2D eigenvalue weighted by atomic mass is 10.2. The van der Waals surface area contributed by atoms with E-state index in [0.717, 1.165) is 12.0 Å². The van der Waals surface area contributed by atoms with E-state index in [1.165, 1.54) is 0 Å². The molecule has 0 aliphatic heterocycles. The van der Waals surface area contributed by atoms with Crippen molar-refractivity contribution in [2.45, 2.75) is 0 Å². The van der Waals surface area contributed by atoms with Crippen molar-refractivity contribution >= 4 is 17.6 Å². The van der Waals surface area contributed by atoms with Gasteiger partial charge in [-0.3, -0.25) is 13.9 Å². The molecule has 2 rings (SSSR count). The Hall–Kier alpha value is -2.02. The number of carbonyl (C=O) groups excluding carboxylic acids is 1. The number of ether oxygens (including phenoxy) is 1. The summed E-state index contributed by atoms with van der Waals surface area (Å²) in [4.78, 5) is 10.7. The molecule has 0 saturated heterocycles. The van der Waals surface area contributed by atoms with Crippen molar-refractivity contribution in [3.05, 3.63) is 60.2 Å². The minimum Gasteiger partial charge on any atom is -0.457 e. The molecule has 0 unspecified atom stereocenters. The van der Waals surface area contributed by atoms with Crippen molar-refractivity contribution in [1.29, 1.82) is 0 Å². The van der Waals surface area contributed by atoms with E-state index in [1.807, 2.05) is 42.5 Å². The zero-order valence-corrected chi connectivity index (χ0v) is 10.6. The van der Waals surface area contributed by atoms with Crippen LogP contribution in [0.1, 0.15) is 10.4 Å². The van der Waals surface area contributed by atoms with Crippen molar-refractivity contribution in [1.82, 2.24) is 0 Å². The molecule has 0 spiro atoms. The van der Waals surface area contributed by atoms with Gasteiger partial charge in [0, 0.05) is 0 Å². The Morgan fingerprint density at radius 3 is 2.05 bits per heavy atom. The van der Waals surface area contributed by atoms with E-state index in [-0.39, 0.29) is 0 Å². The first-order valence-electron chi connectivity index (χ1n) is 5.20. The van der Waals surface area contributed by atoms with Crippen molar-refractivity contribution in [2.24, 2.45) is 0 Å². The highest BCUT2D eigenvalue weighted by Gasteiger charge is 2.01. The van der Waals surface area contributed by atoms with E-state index in [2.05, 4.69) is 0 Å². The average Bonchev–Trinajstić information content (AvgIpc) is 2.40. The van der Waals surface area contributed by atoms with Crippen LogP contribution in [-0.2, 0) is 11.4 Å². The van der Waals surface area contributed by atoms with E-state index in [9.17, 15) is 4.79 Å². The number of para-hydroxylation sites is 2. The average molecular weight is 280 g/mol. The highest BCUT2D eigenvalue weighted by atomic mass is 32.2. The molecule has 2 aromatic carbocycles. The molecule has 0 aromatic heterocycles. The van der Waals surface area contributed by atoms with Crippen LogP contribution >= 0.6 is 0 Å². The van der Waals surface area contributed by atoms with E-state index < -0.39 is 11.4 Å². The molecule has 5 nitrogen and oxygen atoms in total. The van der Waals surface area contributed by atoms with Crippen LogP contribution in [-0.4, -0.2) is 19.6 Å². The van der Waals surface area contributed by atoms with Crippen molar-refractivity contribution < 1.29 is 22.8 Å². The summed E-state index contributed by atoms with van der Waals surface area (Å²) in [5.41, 5.74) is 0.557. The maximum absolute atomic E-state index is 10.7. The topological polar surface area (TPSA) is 83.8 Å². The summed E-state index contributed by atoms with van der Waals surface area (Å²) < 4.78 is 28.4. The molecular formula is C13H12O5S. The van der Waals surface area contributed by atoms with E-state index in [0.29, 0.717) is 11.3 Å². The van der Waals surface area contributed by atoms with Crippen LogP contribution in [0.3, 0.4) is 0 Å². The molecule has 2 aromatic rings. The maximum Gasteiger partial charge on any atom is 0.299 e. The fourth-order valence-electron chi connectivity index (χ4n) is 1.29. The molecule has 19 heavy (non-hydrogen) atoms. The number of carbonyl (C=O) groups is 1. The third kappa shape index (κ3) is 5.91. The zero-order valence-electron chi connectivity index (χ0n) is 9.80. The summed E-state index contributed by atoms with van der Waals surface area (Å²) in [6, 6.07) is 16.5. The summed E-state index contributed by atoms with van der Waals surface area (Å²) in [6.45, 7) is 0. The van der Waals surface area contributed by atoms with Gasteiger partial charge in [0.25, 0.3) is 11.4 Å². The first-order valence-corrected chi connectivity index (χ1v) is 6.27. The van der Waals surface area contributed by atoms with Crippen LogP contribution in [0.15, 0.2) is 54.6 Å². The first kappa shape index (κ1) is 15.0. The van der Waals surface area contributed by atoms with E-state index >= 15 is 0 Å². The minimum absolute atomic E-state index is 0.557. The van der Waals surface area contributed by atoms with Gasteiger partial charge in [0.1, 0.15) is 11.5 Å². The van der Waals surface area contributed by atoms with Gasteiger partial charge in [-0.25, -0.2) is 0 Å². The highest BCUT2D eigenvalue weighted by Crippen LogP contribution is 2.23. The summed E-state index contributed by atoms with van der Waals surface area (Å²) in [5, 5.41) is 0. The molecule has 6 heteroatoms. The van der Waals surface area contributed by atoms with Gasteiger partial charge in [0.15, 0.2) is 6.29 Å². The molecule has 0 amide bonds. The fraction of sp³-hybridized carbons (Fsp3) is 0. The molecule has 0 saturated carbocycles. The van der Waals surface area contributed by atoms with Crippen LogP contribution in [0, 0.1) is 0 Å². The number of hydrogen-bond donors (Lipinski definition) is 2. The normalized spacial score (nSPS) is 9.42. The van der Waals surface area contributed by atoms with Gasteiger partial charge in [0.05, 0.1) is 5.56 Å². The summed E-state index contributed by atoms with van der Waals surface area (Å²) in [6.07, 6.45) is 0.790. The quantitative estimate of drug-likeness (QED) is 0.667. The second-order valence-electron chi connectivity index (χ2n) is 3.30. The lowest BCUT2D eigenvalue weighted by molar-refractivity contribution is 0.112. The van der Waals surface area contributed by atoms with Crippen LogP contribution in [0.5, 0.6) is 11.5 Å². The Labute approximate surface area is 113 Å². The smallest absolute Gasteiger partial charge is 0.299 e. The number of rotatable bonds is 3. The predicted molar refractivity (Wildman–Crippen MR) is 71.7 cm³/mol. The third-order valence-corrected chi connectivity index (χ3v) is 2.02. The van der Waals surface area contributed by atoms with E-state index in [4.69, 9.17) is 18.1 Å². The number of aldehydes is 1. The molecule has 100 valence electrons. The third-order valence-electron chi connectivity index (χ3n) is 2.02. The van der Waals surface area contributed by atoms with Gasteiger partial charge in [-0.15, -0.1) is 0 Å². The van der Waals surface area contributed by atoms with Crippen molar-refractivity contribution in [3.63, 3.8) is 0 Å². The Morgan fingerprint density at radius 2 is 1.47 bits per heavy atom. The van der Waals surface area contributed by atoms with Crippen molar-refractivity contribution in [2.75, 3.05) is 0 Å². The first-order chi connectivity index (χ1) is 9.13. The highest BCUT2D eigenvalue weighted by molar-refractivity contribution is 7.73. The molecule has 0 aliphatic rings. The second kappa shape index (κ2) is 8.15. The molecule has 0 aliphatic carbocycles. The Balaban J connectivity index is 0.000000399. The van der Waals surface area contributed by atoms with Gasteiger partial charge in [-0.05, 0) is 24.3 Å². The maximum atomic E-state index is 10.7. The largest absolute Gasteiger partial charge is 0.457 e. The minimum atomic E-state index is -2.61. The number of benzene rings is 2. The lowest BCUT2D eigenvalue weighted by Gasteiger charge is -2.06. The molecule has 2 N–H and O–H groups in total. The van der Waals surface area contributed by atoms with Crippen LogP contribution in [0.2, 0.25) is 0 Å². The lowest BCUT2D eigenvalue weighted by Crippen LogP contribution is -1.89. The second-order valence-corrected chi connectivity index (χ2v) is 3.76. The molecule has 0 heterocycles.